The average molecular weight is 544 g/mol. The molecule has 1 unspecified atom stereocenters. The van der Waals surface area contributed by atoms with Crippen LogP contribution in [0, 0.1) is 3.57 Å². The lowest BCUT2D eigenvalue weighted by atomic mass is 10.0. The number of benzene rings is 2. The van der Waals surface area contributed by atoms with Crippen molar-refractivity contribution in [2.45, 2.75) is 18.7 Å². The quantitative estimate of drug-likeness (QED) is 0.293. The molecule has 1 nitrogen and oxygen atoms in total. The summed E-state index contributed by atoms with van der Waals surface area (Å²) in [6.07, 6.45) is 0.988. The Bertz CT molecular complexity index is 634. The van der Waals surface area contributed by atoms with Gasteiger partial charge in [0.15, 0.2) is 0 Å². The SMILES string of the molecule is CCCOc1ccc(C(Cl)c2cc(I)ccc2Br)cc1Br. The molecule has 21 heavy (non-hydrogen) atoms. The van der Waals surface area contributed by atoms with Crippen molar-refractivity contribution in [3.05, 3.63) is 60.0 Å². The van der Waals surface area contributed by atoms with Crippen molar-refractivity contribution in [2.75, 3.05) is 6.61 Å². The van der Waals surface area contributed by atoms with Gasteiger partial charge in [-0.05, 0) is 86.4 Å². The van der Waals surface area contributed by atoms with Gasteiger partial charge in [-0.2, -0.15) is 0 Å². The van der Waals surface area contributed by atoms with Gasteiger partial charge in [-0.15, -0.1) is 11.6 Å². The number of hydrogen-bond donors (Lipinski definition) is 0. The molecule has 0 saturated carbocycles. The minimum absolute atomic E-state index is 0.203. The minimum Gasteiger partial charge on any atom is -0.492 e. The normalized spacial score (nSPS) is 12.2. The average Bonchev–Trinajstić information content (AvgIpc) is 2.47. The maximum absolute atomic E-state index is 6.64. The first-order valence-corrected chi connectivity index (χ1v) is 9.64. The van der Waals surface area contributed by atoms with Gasteiger partial charge < -0.3 is 4.74 Å². The highest BCUT2D eigenvalue weighted by atomic mass is 127. The van der Waals surface area contributed by atoms with Gasteiger partial charge in [0.1, 0.15) is 5.75 Å². The molecule has 0 amide bonds. The molecular weight excluding hydrogens is 530 g/mol. The molecule has 2 aromatic rings. The van der Waals surface area contributed by atoms with E-state index in [1.165, 1.54) is 3.57 Å². The van der Waals surface area contributed by atoms with Crippen molar-refractivity contribution in [3.8, 4) is 5.75 Å². The van der Waals surface area contributed by atoms with Gasteiger partial charge >= 0.3 is 0 Å². The zero-order valence-corrected chi connectivity index (χ0v) is 17.5. The van der Waals surface area contributed by atoms with Crippen LogP contribution in [0.2, 0.25) is 0 Å². The maximum atomic E-state index is 6.64. The summed E-state index contributed by atoms with van der Waals surface area (Å²) >= 11 is 16.1. The Kier molecular flexibility index (Phi) is 6.84. The van der Waals surface area contributed by atoms with E-state index in [0.717, 1.165) is 32.2 Å². The third-order valence-corrected chi connectivity index (χ3v) is 5.44. The molecule has 2 rings (SSSR count). The summed E-state index contributed by atoms with van der Waals surface area (Å²) < 4.78 is 8.78. The molecule has 0 aliphatic rings. The molecular formula is C16H14Br2ClIO. The monoisotopic (exact) mass is 542 g/mol. The molecule has 0 bridgehead atoms. The molecule has 0 aliphatic heterocycles. The van der Waals surface area contributed by atoms with Crippen LogP contribution in [0.15, 0.2) is 45.3 Å². The first-order valence-electron chi connectivity index (χ1n) is 6.54. The van der Waals surface area contributed by atoms with E-state index in [4.69, 9.17) is 16.3 Å². The Balaban J connectivity index is 2.29. The highest BCUT2D eigenvalue weighted by molar-refractivity contribution is 14.1. The number of halogens is 4. The lowest BCUT2D eigenvalue weighted by molar-refractivity contribution is 0.315. The van der Waals surface area contributed by atoms with Gasteiger partial charge in [0.25, 0.3) is 0 Å². The van der Waals surface area contributed by atoms with Crippen LogP contribution in [-0.4, -0.2) is 6.61 Å². The van der Waals surface area contributed by atoms with Gasteiger partial charge in [-0.25, -0.2) is 0 Å². The summed E-state index contributed by atoms with van der Waals surface area (Å²) in [5, 5.41) is -0.203. The lowest BCUT2D eigenvalue weighted by Crippen LogP contribution is -1.99. The van der Waals surface area contributed by atoms with Gasteiger partial charge in [-0.1, -0.05) is 28.9 Å². The second-order valence-electron chi connectivity index (χ2n) is 4.57. The van der Waals surface area contributed by atoms with Crippen molar-refractivity contribution < 1.29 is 4.74 Å². The number of rotatable bonds is 5. The van der Waals surface area contributed by atoms with E-state index in [-0.39, 0.29) is 5.38 Å². The number of hydrogen-bond acceptors (Lipinski definition) is 1. The van der Waals surface area contributed by atoms with Gasteiger partial charge in [0, 0.05) is 8.04 Å². The lowest BCUT2D eigenvalue weighted by Gasteiger charge is -2.15. The summed E-state index contributed by atoms with van der Waals surface area (Å²) in [6, 6.07) is 12.2. The summed E-state index contributed by atoms with van der Waals surface area (Å²) in [7, 11) is 0. The molecule has 0 N–H and O–H groups in total. The number of ether oxygens (including phenoxy) is 1. The second kappa shape index (κ2) is 8.18. The Hall–Kier alpha value is 0.220. The minimum atomic E-state index is -0.203. The third-order valence-electron chi connectivity index (χ3n) is 2.94. The molecule has 0 saturated heterocycles. The molecule has 5 heteroatoms. The maximum Gasteiger partial charge on any atom is 0.133 e. The van der Waals surface area contributed by atoms with E-state index in [1.807, 2.05) is 24.3 Å². The first-order chi connectivity index (χ1) is 10.0. The predicted octanol–water partition coefficient (Wildman–Crippen LogP) is 6.93. The van der Waals surface area contributed by atoms with Crippen molar-refractivity contribution in [2.24, 2.45) is 0 Å². The van der Waals surface area contributed by atoms with Crippen LogP contribution in [0.5, 0.6) is 5.75 Å². The molecule has 2 aromatic carbocycles. The predicted molar refractivity (Wildman–Crippen MR) is 104 cm³/mol. The van der Waals surface area contributed by atoms with E-state index >= 15 is 0 Å². The van der Waals surface area contributed by atoms with Gasteiger partial charge in [0.2, 0.25) is 0 Å². The van der Waals surface area contributed by atoms with E-state index in [1.54, 1.807) is 0 Å². The van der Waals surface area contributed by atoms with Gasteiger partial charge in [-0.3, -0.25) is 0 Å². The van der Waals surface area contributed by atoms with Crippen LogP contribution in [-0.2, 0) is 0 Å². The first kappa shape index (κ1) is 17.6. The van der Waals surface area contributed by atoms with E-state index in [9.17, 15) is 0 Å². The zero-order valence-electron chi connectivity index (χ0n) is 11.4. The largest absolute Gasteiger partial charge is 0.492 e. The van der Waals surface area contributed by atoms with Crippen molar-refractivity contribution in [1.29, 1.82) is 0 Å². The second-order valence-corrected chi connectivity index (χ2v) is 7.96. The molecule has 112 valence electrons. The molecule has 0 radical (unpaired) electrons. The summed E-state index contributed by atoms with van der Waals surface area (Å²) in [5.74, 6) is 0.853. The Labute approximate surface area is 160 Å². The fourth-order valence-electron chi connectivity index (χ4n) is 1.89. The topological polar surface area (TPSA) is 9.23 Å². The standard InChI is InChI=1S/C16H14Br2ClIO/c1-2-7-21-15-6-3-10(8-14(15)18)16(19)12-9-11(20)4-5-13(12)17/h3-6,8-9,16H,2,7H2,1H3. The van der Waals surface area contributed by atoms with Crippen molar-refractivity contribution in [3.63, 3.8) is 0 Å². The van der Waals surface area contributed by atoms with Crippen molar-refractivity contribution >= 4 is 66.1 Å². The molecule has 1 atom stereocenters. The summed E-state index contributed by atoms with van der Waals surface area (Å²) in [5.41, 5.74) is 2.10. The van der Waals surface area contributed by atoms with Gasteiger partial charge in [0.05, 0.1) is 16.5 Å². The van der Waals surface area contributed by atoms with Crippen LogP contribution < -0.4 is 4.74 Å². The van der Waals surface area contributed by atoms with Crippen LogP contribution in [0.1, 0.15) is 29.8 Å². The molecule has 0 aliphatic carbocycles. The van der Waals surface area contributed by atoms with E-state index in [0.29, 0.717) is 6.61 Å². The summed E-state index contributed by atoms with van der Waals surface area (Å²) in [6.45, 7) is 2.80. The Morgan fingerprint density at radius 2 is 1.90 bits per heavy atom. The zero-order chi connectivity index (χ0) is 15.4. The Morgan fingerprint density at radius 3 is 2.57 bits per heavy atom. The fraction of sp³-hybridized carbons (Fsp3) is 0.250. The highest BCUT2D eigenvalue weighted by Gasteiger charge is 2.16. The Morgan fingerprint density at radius 1 is 1.14 bits per heavy atom. The molecule has 0 aromatic heterocycles. The van der Waals surface area contributed by atoms with E-state index < -0.39 is 0 Å². The fourth-order valence-corrected chi connectivity index (χ4v) is 3.84. The van der Waals surface area contributed by atoms with Crippen LogP contribution in [0.4, 0.5) is 0 Å². The van der Waals surface area contributed by atoms with Crippen LogP contribution >= 0.6 is 66.1 Å². The summed E-state index contributed by atoms with van der Waals surface area (Å²) in [4.78, 5) is 0. The molecule has 0 spiro atoms. The molecule has 0 heterocycles. The van der Waals surface area contributed by atoms with Crippen LogP contribution in [0.3, 0.4) is 0 Å². The smallest absolute Gasteiger partial charge is 0.133 e. The van der Waals surface area contributed by atoms with Crippen molar-refractivity contribution in [1.82, 2.24) is 0 Å². The third kappa shape index (κ3) is 4.60. The highest BCUT2D eigenvalue weighted by Crippen LogP contribution is 2.37. The molecule has 0 fully saturated rings. The number of alkyl halides is 1. The van der Waals surface area contributed by atoms with E-state index in [2.05, 4.69) is 73.5 Å². The van der Waals surface area contributed by atoms with Crippen LogP contribution in [0.25, 0.3) is 0 Å².